The van der Waals surface area contributed by atoms with Crippen LogP contribution in [0.1, 0.15) is 30.4 Å². The molecule has 9 heteroatoms. The molecule has 0 amide bonds. The fourth-order valence-electron chi connectivity index (χ4n) is 4.48. The van der Waals surface area contributed by atoms with E-state index in [9.17, 15) is 10.1 Å². The topological polar surface area (TPSA) is 91.2 Å². The molecule has 0 saturated carbocycles. The number of rotatable bonds is 6. The van der Waals surface area contributed by atoms with Gasteiger partial charge in [-0.2, -0.15) is 5.10 Å². The lowest BCUT2D eigenvalue weighted by atomic mass is 10.0. The van der Waals surface area contributed by atoms with Gasteiger partial charge in [-0.3, -0.25) is 10.1 Å². The van der Waals surface area contributed by atoms with Crippen LogP contribution < -0.4 is 14.3 Å². The fourth-order valence-corrected chi connectivity index (χ4v) is 5.31. The minimum atomic E-state index is -0.420. The Labute approximate surface area is 218 Å². The molecule has 1 aromatic heterocycles. The molecule has 8 nitrogen and oxygen atoms in total. The molecular formula is C28H26N4O4S. The third-order valence-electron chi connectivity index (χ3n) is 6.32. The van der Waals surface area contributed by atoms with Gasteiger partial charge in [-0.05, 0) is 55.5 Å². The number of thiazole rings is 1. The zero-order valence-electron chi connectivity index (χ0n) is 20.6. The molecule has 37 heavy (non-hydrogen) atoms. The van der Waals surface area contributed by atoms with Crippen molar-refractivity contribution in [1.82, 2.24) is 4.68 Å². The smallest absolute Gasteiger partial charge is 0.294 e. The molecule has 1 aliphatic carbocycles. The molecule has 0 aliphatic heterocycles. The number of aromatic nitrogens is 1. The number of hydrogen-bond donors (Lipinski definition) is 0. The normalized spacial score (nSPS) is 14.8. The van der Waals surface area contributed by atoms with Crippen LogP contribution >= 0.6 is 11.3 Å². The summed E-state index contributed by atoms with van der Waals surface area (Å²) in [7, 11) is 3.24. The van der Waals surface area contributed by atoms with Crippen molar-refractivity contribution < 1.29 is 14.4 Å². The lowest BCUT2D eigenvalue weighted by molar-refractivity contribution is -0.384. The minimum Gasteiger partial charge on any atom is -0.497 e. The van der Waals surface area contributed by atoms with Crippen molar-refractivity contribution in [2.24, 2.45) is 10.1 Å². The molecule has 0 unspecified atom stereocenters. The Morgan fingerprint density at radius 2 is 1.73 bits per heavy atom. The summed E-state index contributed by atoms with van der Waals surface area (Å²) in [6, 6.07) is 20.4. The third kappa shape index (κ3) is 5.03. The van der Waals surface area contributed by atoms with E-state index in [-0.39, 0.29) is 11.4 Å². The molecule has 0 saturated heterocycles. The van der Waals surface area contributed by atoms with Gasteiger partial charge in [0.15, 0.2) is 0 Å². The number of nitro groups is 1. The summed E-state index contributed by atoms with van der Waals surface area (Å²) in [6.45, 7) is 0. The maximum atomic E-state index is 11.7. The van der Waals surface area contributed by atoms with Crippen LogP contribution in [-0.2, 0) is 6.42 Å². The number of nitrogens with zero attached hydrogens (tertiary/aromatic N) is 4. The maximum Gasteiger partial charge on any atom is 0.294 e. The lowest BCUT2D eigenvalue weighted by Crippen LogP contribution is -2.15. The van der Waals surface area contributed by atoms with E-state index < -0.39 is 4.92 Å². The number of methoxy groups -OCH3 is 2. The quantitative estimate of drug-likeness (QED) is 0.170. The van der Waals surface area contributed by atoms with Crippen LogP contribution in [-0.4, -0.2) is 29.5 Å². The van der Waals surface area contributed by atoms with Gasteiger partial charge in [0.05, 0.1) is 30.5 Å². The van der Waals surface area contributed by atoms with Crippen LogP contribution in [0.15, 0.2) is 82.2 Å². The summed E-state index contributed by atoms with van der Waals surface area (Å²) in [5, 5.41) is 18.7. The molecule has 188 valence electrons. The molecule has 1 heterocycles. The Hall–Kier alpha value is -4.24. The summed E-state index contributed by atoms with van der Waals surface area (Å²) in [5.41, 5.74) is 5.11. The summed E-state index contributed by atoms with van der Waals surface area (Å²) >= 11 is 1.36. The molecule has 0 radical (unpaired) electrons. The predicted molar refractivity (Wildman–Crippen MR) is 145 cm³/mol. The highest BCUT2D eigenvalue weighted by molar-refractivity contribution is 7.07. The second-order valence-electron chi connectivity index (χ2n) is 8.55. The summed E-state index contributed by atoms with van der Waals surface area (Å²) < 4.78 is 12.9. The Balaban J connectivity index is 1.78. The van der Waals surface area contributed by atoms with Gasteiger partial charge in [0.1, 0.15) is 17.2 Å². The molecule has 0 N–H and O–H groups in total. The van der Waals surface area contributed by atoms with Gasteiger partial charge < -0.3 is 9.47 Å². The zero-order chi connectivity index (χ0) is 25.8. The van der Waals surface area contributed by atoms with Crippen molar-refractivity contribution in [3.8, 4) is 22.8 Å². The molecule has 0 atom stereocenters. The highest BCUT2D eigenvalue weighted by atomic mass is 32.1. The minimum absolute atomic E-state index is 0.0598. The molecule has 0 fully saturated rings. The van der Waals surface area contributed by atoms with E-state index in [1.54, 1.807) is 37.1 Å². The lowest BCUT2D eigenvalue weighted by Gasteiger charge is -2.13. The molecular weight excluding hydrogens is 488 g/mol. The summed E-state index contributed by atoms with van der Waals surface area (Å²) in [4.78, 5) is 16.5. The number of nitro benzene ring substituents is 1. The van der Waals surface area contributed by atoms with Crippen molar-refractivity contribution >= 4 is 28.4 Å². The van der Waals surface area contributed by atoms with E-state index in [2.05, 4.69) is 18.2 Å². The number of para-hydroxylation sites is 2. The third-order valence-corrected chi connectivity index (χ3v) is 7.14. The van der Waals surface area contributed by atoms with Crippen LogP contribution in [0.25, 0.3) is 11.3 Å². The van der Waals surface area contributed by atoms with Gasteiger partial charge >= 0.3 is 0 Å². The monoisotopic (exact) mass is 514 g/mol. The van der Waals surface area contributed by atoms with Crippen LogP contribution in [0.4, 0.5) is 11.4 Å². The molecule has 0 bridgehead atoms. The first-order chi connectivity index (χ1) is 18.1. The largest absolute Gasteiger partial charge is 0.497 e. The highest BCUT2D eigenvalue weighted by Gasteiger charge is 2.19. The number of fused-ring (bicyclic) bond motifs is 1. The van der Waals surface area contributed by atoms with E-state index >= 15 is 0 Å². The van der Waals surface area contributed by atoms with Crippen LogP contribution in [0.5, 0.6) is 11.5 Å². The maximum absolute atomic E-state index is 11.7. The molecule has 4 aromatic rings. The van der Waals surface area contributed by atoms with E-state index in [4.69, 9.17) is 19.6 Å². The Kier molecular flexibility index (Phi) is 7.14. The molecule has 5 rings (SSSR count). The highest BCUT2D eigenvalue weighted by Crippen LogP contribution is 2.35. The molecule has 3 aromatic carbocycles. The average molecular weight is 515 g/mol. The van der Waals surface area contributed by atoms with Gasteiger partial charge in [0.25, 0.3) is 5.69 Å². The summed E-state index contributed by atoms with van der Waals surface area (Å²) in [5.74, 6) is 1.34. The molecule has 1 aliphatic rings. The van der Waals surface area contributed by atoms with Crippen molar-refractivity contribution in [2.45, 2.75) is 25.7 Å². The fraction of sp³-hybridized carbons (Fsp3) is 0.214. The Bertz CT molecular complexity index is 1550. The second-order valence-corrected chi connectivity index (χ2v) is 9.39. The second kappa shape index (κ2) is 10.8. The standard InChI is InChI=1S/C28H26N4O4S/c1-35-20-15-16-27(36-2)22(17-20)26-18-37-28(29-24-13-7-8-14-25(24)32(33)34)31(26)30-23-12-6-4-10-19-9-3-5-11-21(19)23/h3,5,7-9,11,13-18H,4,6,10,12H2,1-2H3. The average Bonchev–Trinajstić information content (AvgIpc) is 3.19. The van der Waals surface area contributed by atoms with Crippen molar-refractivity contribution in [3.63, 3.8) is 0 Å². The van der Waals surface area contributed by atoms with Crippen LogP contribution in [0, 0.1) is 10.1 Å². The Morgan fingerprint density at radius 1 is 0.946 bits per heavy atom. The zero-order valence-corrected chi connectivity index (χ0v) is 21.4. The SMILES string of the molecule is COc1ccc(OC)c(-c2csc(=Nc3ccccc3[N+](=O)[O-])n2N=C2CCCCc3ccccc32)c1. The van der Waals surface area contributed by atoms with Crippen LogP contribution in [0.3, 0.4) is 0 Å². The van der Waals surface area contributed by atoms with E-state index in [1.165, 1.54) is 23.0 Å². The predicted octanol–water partition coefficient (Wildman–Crippen LogP) is 6.35. The Morgan fingerprint density at radius 3 is 2.54 bits per heavy atom. The van der Waals surface area contributed by atoms with Gasteiger partial charge in [0.2, 0.25) is 4.80 Å². The van der Waals surface area contributed by atoms with Crippen molar-refractivity contribution in [3.05, 3.63) is 98.2 Å². The van der Waals surface area contributed by atoms with Gasteiger partial charge in [-0.1, -0.05) is 36.4 Å². The first-order valence-electron chi connectivity index (χ1n) is 12.0. The first kappa shape index (κ1) is 24.5. The van der Waals surface area contributed by atoms with E-state index in [0.29, 0.717) is 16.3 Å². The van der Waals surface area contributed by atoms with Gasteiger partial charge in [-0.15, -0.1) is 11.3 Å². The first-order valence-corrected chi connectivity index (χ1v) is 12.8. The van der Waals surface area contributed by atoms with E-state index in [0.717, 1.165) is 48.2 Å². The number of benzene rings is 3. The van der Waals surface area contributed by atoms with Crippen molar-refractivity contribution in [2.75, 3.05) is 14.2 Å². The van der Waals surface area contributed by atoms with Crippen molar-refractivity contribution in [1.29, 1.82) is 0 Å². The number of hydrogen-bond acceptors (Lipinski definition) is 7. The number of ether oxygens (including phenoxy) is 2. The van der Waals surface area contributed by atoms with E-state index in [1.807, 2.05) is 29.6 Å². The van der Waals surface area contributed by atoms with Gasteiger partial charge in [-0.25, -0.2) is 9.67 Å². The summed E-state index contributed by atoms with van der Waals surface area (Å²) in [6.07, 6.45) is 3.94. The number of aryl methyl sites for hydroxylation is 1. The van der Waals surface area contributed by atoms with Crippen LogP contribution in [0.2, 0.25) is 0 Å². The molecule has 0 spiro atoms. The van der Waals surface area contributed by atoms with Gasteiger partial charge in [0, 0.05) is 22.6 Å².